The smallest absolute Gasteiger partial charge is 0.130 e. The van der Waals surface area contributed by atoms with E-state index in [9.17, 15) is 4.39 Å². The van der Waals surface area contributed by atoms with Crippen molar-refractivity contribution in [3.8, 4) is 5.75 Å². The van der Waals surface area contributed by atoms with Crippen molar-refractivity contribution in [1.29, 1.82) is 0 Å². The second-order valence-electron chi connectivity index (χ2n) is 4.48. The molecule has 0 radical (unpaired) electrons. The monoisotopic (exact) mass is 223 g/mol. The van der Waals surface area contributed by atoms with Crippen LogP contribution in [0.25, 0.3) is 0 Å². The van der Waals surface area contributed by atoms with Gasteiger partial charge in [0.1, 0.15) is 11.6 Å². The van der Waals surface area contributed by atoms with Crippen molar-refractivity contribution in [3.63, 3.8) is 0 Å². The molecule has 0 aromatic heterocycles. The Balaban J connectivity index is 2.46. The van der Waals surface area contributed by atoms with E-state index in [1.807, 2.05) is 13.0 Å². The summed E-state index contributed by atoms with van der Waals surface area (Å²) in [5.41, 5.74) is 7.40. The zero-order chi connectivity index (χ0) is 11.8. The topological polar surface area (TPSA) is 35.2 Å². The van der Waals surface area contributed by atoms with E-state index in [0.717, 1.165) is 18.4 Å². The lowest BCUT2D eigenvalue weighted by molar-refractivity contribution is 0.403. The van der Waals surface area contributed by atoms with Gasteiger partial charge in [0, 0.05) is 17.5 Å². The molecule has 1 aromatic carbocycles. The molecule has 1 aromatic rings. The molecule has 1 saturated carbocycles. The Labute approximate surface area is 95.6 Å². The number of rotatable bonds is 4. The molecule has 1 aliphatic rings. The average molecular weight is 223 g/mol. The highest BCUT2D eigenvalue weighted by atomic mass is 19.1. The molecule has 2 N–H and O–H groups in total. The number of halogens is 1. The third-order valence-corrected chi connectivity index (χ3v) is 3.58. The van der Waals surface area contributed by atoms with E-state index in [1.54, 1.807) is 13.2 Å². The van der Waals surface area contributed by atoms with Crippen molar-refractivity contribution in [1.82, 2.24) is 0 Å². The molecule has 2 rings (SSSR count). The van der Waals surface area contributed by atoms with Crippen LogP contribution in [-0.4, -0.2) is 13.7 Å². The maximum absolute atomic E-state index is 13.9. The first kappa shape index (κ1) is 11.4. The van der Waals surface area contributed by atoms with Crippen LogP contribution in [0, 0.1) is 5.82 Å². The van der Waals surface area contributed by atoms with Crippen LogP contribution in [0.15, 0.2) is 12.1 Å². The van der Waals surface area contributed by atoms with Crippen LogP contribution in [0.1, 0.15) is 30.9 Å². The van der Waals surface area contributed by atoms with Crippen molar-refractivity contribution in [3.05, 3.63) is 29.1 Å². The maximum Gasteiger partial charge on any atom is 0.130 e. The van der Waals surface area contributed by atoms with Gasteiger partial charge in [-0.3, -0.25) is 0 Å². The second kappa shape index (κ2) is 4.06. The fourth-order valence-electron chi connectivity index (χ4n) is 2.20. The van der Waals surface area contributed by atoms with Gasteiger partial charge in [-0.15, -0.1) is 0 Å². The number of hydrogen-bond donors (Lipinski definition) is 1. The van der Waals surface area contributed by atoms with Gasteiger partial charge < -0.3 is 10.5 Å². The number of methoxy groups -OCH3 is 1. The molecular formula is C13H18FNO. The van der Waals surface area contributed by atoms with Gasteiger partial charge >= 0.3 is 0 Å². The third kappa shape index (κ3) is 1.69. The molecule has 16 heavy (non-hydrogen) atoms. The van der Waals surface area contributed by atoms with E-state index in [2.05, 4.69) is 0 Å². The van der Waals surface area contributed by atoms with E-state index < -0.39 is 0 Å². The second-order valence-corrected chi connectivity index (χ2v) is 4.48. The van der Waals surface area contributed by atoms with Gasteiger partial charge in [-0.2, -0.15) is 0 Å². The minimum absolute atomic E-state index is 0.0143. The number of ether oxygens (including phenoxy) is 1. The standard InChI is InChI=1S/C13H18FNO/c1-3-10-11(14)6-9(7-12(10)16-2)13(8-15)4-5-13/h6-7H,3-5,8,15H2,1-2H3. The highest BCUT2D eigenvalue weighted by Gasteiger charge is 2.43. The lowest BCUT2D eigenvalue weighted by atomic mass is 9.94. The van der Waals surface area contributed by atoms with Crippen LogP contribution in [0.3, 0.4) is 0 Å². The number of nitrogens with two attached hydrogens (primary N) is 1. The molecule has 3 heteroatoms. The SMILES string of the molecule is CCc1c(F)cc(C2(CN)CC2)cc1OC. The third-order valence-electron chi connectivity index (χ3n) is 3.58. The van der Waals surface area contributed by atoms with E-state index in [4.69, 9.17) is 10.5 Å². The first-order valence-corrected chi connectivity index (χ1v) is 5.74. The van der Waals surface area contributed by atoms with Gasteiger partial charge in [-0.05, 0) is 37.0 Å². The minimum atomic E-state index is -0.170. The van der Waals surface area contributed by atoms with Crippen molar-refractivity contribution < 1.29 is 9.13 Å². The van der Waals surface area contributed by atoms with Gasteiger partial charge in [0.15, 0.2) is 0 Å². The first-order valence-electron chi connectivity index (χ1n) is 5.74. The maximum atomic E-state index is 13.9. The summed E-state index contributed by atoms with van der Waals surface area (Å²) in [5.74, 6) is 0.480. The van der Waals surface area contributed by atoms with E-state index >= 15 is 0 Å². The predicted octanol–water partition coefficient (Wildman–Crippen LogP) is 2.39. The molecule has 0 bridgehead atoms. The van der Waals surface area contributed by atoms with E-state index in [1.165, 1.54) is 0 Å². The van der Waals surface area contributed by atoms with Gasteiger partial charge in [0.25, 0.3) is 0 Å². The Hall–Kier alpha value is -1.09. The highest BCUT2D eigenvalue weighted by molar-refractivity contribution is 5.44. The Morgan fingerprint density at radius 3 is 2.56 bits per heavy atom. The van der Waals surface area contributed by atoms with Crippen LogP contribution in [0.2, 0.25) is 0 Å². The zero-order valence-electron chi connectivity index (χ0n) is 9.85. The molecule has 0 amide bonds. The van der Waals surface area contributed by atoms with Crippen LogP contribution < -0.4 is 10.5 Å². The van der Waals surface area contributed by atoms with Crippen LogP contribution in [0.4, 0.5) is 4.39 Å². The molecule has 0 spiro atoms. The first-order chi connectivity index (χ1) is 7.66. The summed E-state index contributed by atoms with van der Waals surface area (Å²) in [5, 5.41) is 0. The Bertz CT molecular complexity index is 399. The summed E-state index contributed by atoms with van der Waals surface area (Å²) in [6.45, 7) is 2.51. The Morgan fingerprint density at radius 1 is 1.44 bits per heavy atom. The highest BCUT2D eigenvalue weighted by Crippen LogP contribution is 2.48. The summed E-state index contributed by atoms with van der Waals surface area (Å²) < 4.78 is 19.1. The molecule has 1 fully saturated rings. The van der Waals surface area contributed by atoms with Crippen LogP contribution in [0.5, 0.6) is 5.75 Å². The summed E-state index contributed by atoms with van der Waals surface area (Å²) >= 11 is 0. The molecular weight excluding hydrogens is 205 g/mol. The van der Waals surface area contributed by atoms with Crippen molar-refractivity contribution >= 4 is 0 Å². The molecule has 0 atom stereocenters. The minimum Gasteiger partial charge on any atom is -0.496 e. The van der Waals surface area contributed by atoms with Crippen molar-refractivity contribution in [2.45, 2.75) is 31.6 Å². The van der Waals surface area contributed by atoms with E-state index in [-0.39, 0.29) is 11.2 Å². The number of hydrogen-bond acceptors (Lipinski definition) is 2. The zero-order valence-corrected chi connectivity index (χ0v) is 9.85. The fourth-order valence-corrected chi connectivity index (χ4v) is 2.20. The van der Waals surface area contributed by atoms with E-state index in [0.29, 0.717) is 24.3 Å². The molecule has 0 heterocycles. The molecule has 0 saturated heterocycles. The molecule has 0 unspecified atom stereocenters. The number of benzene rings is 1. The van der Waals surface area contributed by atoms with Gasteiger partial charge in [0.2, 0.25) is 0 Å². The van der Waals surface area contributed by atoms with Crippen molar-refractivity contribution in [2.24, 2.45) is 5.73 Å². The average Bonchev–Trinajstić information content (AvgIpc) is 3.08. The summed E-state index contributed by atoms with van der Waals surface area (Å²) in [7, 11) is 1.58. The van der Waals surface area contributed by atoms with Crippen LogP contribution >= 0.6 is 0 Å². The molecule has 88 valence electrons. The summed E-state index contributed by atoms with van der Waals surface area (Å²) in [4.78, 5) is 0. The normalized spacial score (nSPS) is 17.2. The lowest BCUT2D eigenvalue weighted by Crippen LogP contribution is -2.20. The van der Waals surface area contributed by atoms with Crippen LogP contribution in [-0.2, 0) is 11.8 Å². The van der Waals surface area contributed by atoms with Crippen molar-refractivity contribution in [2.75, 3.05) is 13.7 Å². The van der Waals surface area contributed by atoms with Gasteiger partial charge in [-0.25, -0.2) is 4.39 Å². The lowest BCUT2D eigenvalue weighted by Gasteiger charge is -2.16. The fraction of sp³-hybridized carbons (Fsp3) is 0.538. The quantitative estimate of drug-likeness (QED) is 0.850. The largest absolute Gasteiger partial charge is 0.496 e. The Morgan fingerprint density at radius 2 is 2.12 bits per heavy atom. The molecule has 0 aliphatic heterocycles. The van der Waals surface area contributed by atoms with Gasteiger partial charge in [-0.1, -0.05) is 6.92 Å². The van der Waals surface area contributed by atoms with Gasteiger partial charge in [0.05, 0.1) is 7.11 Å². The Kier molecular flexibility index (Phi) is 2.89. The predicted molar refractivity (Wildman–Crippen MR) is 62.3 cm³/mol. The molecule has 1 aliphatic carbocycles. The summed E-state index contributed by atoms with van der Waals surface area (Å²) in [6, 6.07) is 3.57. The summed E-state index contributed by atoms with van der Waals surface area (Å²) in [6.07, 6.45) is 2.75. The molecule has 2 nitrogen and oxygen atoms in total.